The van der Waals surface area contributed by atoms with Crippen LogP contribution in [0.4, 0.5) is 9.93 Å². The SMILES string of the molecule is CCOC(=O)c1sc2nc(NC(=O)c3ccc(S(=O)(=O)N4CCN(C(=O)OCC)CC4)cc3)sc2c1C. The van der Waals surface area contributed by atoms with Gasteiger partial charge >= 0.3 is 12.1 Å². The molecule has 0 unspecified atom stereocenters. The lowest BCUT2D eigenvalue weighted by Gasteiger charge is -2.33. The van der Waals surface area contributed by atoms with Crippen LogP contribution in [-0.4, -0.2) is 80.0 Å². The van der Waals surface area contributed by atoms with Crippen LogP contribution in [0.5, 0.6) is 0 Å². The molecule has 1 N–H and O–H groups in total. The van der Waals surface area contributed by atoms with Gasteiger partial charge in [0.25, 0.3) is 5.91 Å². The Morgan fingerprint density at radius 3 is 2.24 bits per heavy atom. The predicted molar refractivity (Wildman–Crippen MR) is 140 cm³/mol. The zero-order valence-electron chi connectivity index (χ0n) is 20.5. The third-order valence-electron chi connectivity index (χ3n) is 5.68. The number of anilines is 1. The van der Waals surface area contributed by atoms with Gasteiger partial charge in [0.15, 0.2) is 5.13 Å². The third-order valence-corrected chi connectivity index (χ3v) is 9.97. The Morgan fingerprint density at radius 2 is 1.65 bits per heavy atom. The molecule has 0 radical (unpaired) electrons. The van der Waals surface area contributed by atoms with Crippen molar-refractivity contribution in [1.82, 2.24) is 14.2 Å². The number of benzene rings is 1. The number of thiazole rings is 1. The summed E-state index contributed by atoms with van der Waals surface area (Å²) in [4.78, 5) is 43.7. The van der Waals surface area contributed by atoms with Crippen molar-refractivity contribution in [2.24, 2.45) is 0 Å². The minimum atomic E-state index is -3.78. The molecule has 0 bridgehead atoms. The molecule has 4 rings (SSSR count). The number of hydrogen-bond donors (Lipinski definition) is 1. The first-order valence-corrected chi connectivity index (χ1v) is 14.6. The molecule has 11 nitrogen and oxygen atoms in total. The maximum Gasteiger partial charge on any atom is 0.409 e. The summed E-state index contributed by atoms with van der Waals surface area (Å²) in [5.41, 5.74) is 1.03. The maximum absolute atomic E-state index is 13.0. The lowest BCUT2D eigenvalue weighted by Crippen LogP contribution is -2.50. The second-order valence-corrected chi connectivity index (χ2v) is 11.9. The Labute approximate surface area is 222 Å². The van der Waals surface area contributed by atoms with E-state index in [0.717, 1.165) is 10.3 Å². The van der Waals surface area contributed by atoms with Crippen LogP contribution in [-0.2, 0) is 19.5 Å². The van der Waals surface area contributed by atoms with Gasteiger partial charge in [-0.15, -0.1) is 11.3 Å². The molecular formula is C23H26N4O7S3. The minimum Gasteiger partial charge on any atom is -0.462 e. The van der Waals surface area contributed by atoms with Crippen molar-refractivity contribution in [2.75, 3.05) is 44.7 Å². The first kappa shape index (κ1) is 27.0. The molecule has 0 spiro atoms. The van der Waals surface area contributed by atoms with Gasteiger partial charge in [0.2, 0.25) is 10.0 Å². The van der Waals surface area contributed by atoms with Gasteiger partial charge < -0.3 is 14.4 Å². The van der Waals surface area contributed by atoms with Gasteiger partial charge in [-0.3, -0.25) is 10.1 Å². The Bertz CT molecular complexity index is 1420. The highest BCUT2D eigenvalue weighted by Gasteiger charge is 2.30. The number of hydrogen-bond acceptors (Lipinski definition) is 10. The molecule has 198 valence electrons. The van der Waals surface area contributed by atoms with Crippen LogP contribution in [0.25, 0.3) is 9.53 Å². The van der Waals surface area contributed by atoms with E-state index in [9.17, 15) is 22.8 Å². The van der Waals surface area contributed by atoms with Gasteiger partial charge in [-0.05, 0) is 50.6 Å². The van der Waals surface area contributed by atoms with E-state index < -0.39 is 28.0 Å². The smallest absolute Gasteiger partial charge is 0.409 e. The molecule has 2 aromatic heterocycles. The fourth-order valence-electron chi connectivity index (χ4n) is 3.76. The summed E-state index contributed by atoms with van der Waals surface area (Å²) in [5, 5.41) is 3.11. The van der Waals surface area contributed by atoms with E-state index >= 15 is 0 Å². The average molecular weight is 567 g/mol. The van der Waals surface area contributed by atoms with Gasteiger partial charge in [0.1, 0.15) is 9.71 Å². The molecule has 1 aromatic carbocycles. The number of carbonyl (C=O) groups excluding carboxylic acids is 3. The minimum absolute atomic E-state index is 0.0607. The summed E-state index contributed by atoms with van der Waals surface area (Å²) >= 11 is 2.47. The quantitative estimate of drug-likeness (QED) is 0.429. The summed E-state index contributed by atoms with van der Waals surface area (Å²) in [7, 11) is -3.78. The van der Waals surface area contributed by atoms with E-state index in [1.54, 1.807) is 13.8 Å². The van der Waals surface area contributed by atoms with Crippen LogP contribution >= 0.6 is 22.7 Å². The highest BCUT2D eigenvalue weighted by Crippen LogP contribution is 2.37. The molecule has 0 saturated carbocycles. The van der Waals surface area contributed by atoms with Crippen LogP contribution in [0, 0.1) is 6.92 Å². The number of amides is 2. The van der Waals surface area contributed by atoms with Crippen molar-refractivity contribution < 1.29 is 32.3 Å². The monoisotopic (exact) mass is 566 g/mol. The number of sulfonamides is 1. The summed E-state index contributed by atoms with van der Waals surface area (Å²) in [6.07, 6.45) is -0.454. The number of esters is 1. The van der Waals surface area contributed by atoms with Crippen LogP contribution in [0.15, 0.2) is 29.2 Å². The summed E-state index contributed by atoms with van der Waals surface area (Å²) in [5.74, 6) is -0.826. The molecule has 3 aromatic rings. The van der Waals surface area contributed by atoms with Crippen LogP contribution < -0.4 is 5.32 Å². The fraction of sp³-hybridized carbons (Fsp3) is 0.391. The molecule has 37 heavy (non-hydrogen) atoms. The number of aromatic nitrogens is 1. The topological polar surface area (TPSA) is 135 Å². The zero-order valence-corrected chi connectivity index (χ0v) is 22.9. The van der Waals surface area contributed by atoms with Crippen molar-refractivity contribution in [1.29, 1.82) is 0 Å². The number of nitrogens with zero attached hydrogens (tertiary/aromatic N) is 3. The van der Waals surface area contributed by atoms with E-state index in [1.165, 1.54) is 56.1 Å². The lowest BCUT2D eigenvalue weighted by atomic mass is 10.2. The maximum atomic E-state index is 13.0. The van der Waals surface area contributed by atoms with E-state index in [0.29, 0.717) is 14.8 Å². The molecule has 14 heteroatoms. The van der Waals surface area contributed by atoms with Gasteiger partial charge in [0.05, 0.1) is 22.8 Å². The first-order chi connectivity index (χ1) is 17.6. The van der Waals surface area contributed by atoms with Crippen molar-refractivity contribution >= 4 is 65.3 Å². The predicted octanol–water partition coefficient (Wildman–Crippen LogP) is 3.56. The van der Waals surface area contributed by atoms with Crippen molar-refractivity contribution in [3.05, 3.63) is 40.3 Å². The number of rotatable bonds is 7. The molecular weight excluding hydrogens is 540 g/mol. The van der Waals surface area contributed by atoms with Gasteiger partial charge in [0, 0.05) is 31.7 Å². The Balaban J connectivity index is 1.41. The van der Waals surface area contributed by atoms with Crippen LogP contribution in [0.1, 0.15) is 39.4 Å². The summed E-state index contributed by atoms with van der Waals surface area (Å²) in [6, 6.07) is 5.66. The van der Waals surface area contributed by atoms with Crippen molar-refractivity contribution in [3.63, 3.8) is 0 Å². The van der Waals surface area contributed by atoms with E-state index in [4.69, 9.17) is 9.47 Å². The molecule has 1 fully saturated rings. The van der Waals surface area contributed by atoms with Crippen LogP contribution in [0.3, 0.4) is 0 Å². The average Bonchev–Trinajstić information content (AvgIpc) is 3.42. The Kier molecular flexibility index (Phi) is 8.11. The third kappa shape index (κ3) is 5.61. The number of thiophene rings is 1. The molecule has 1 saturated heterocycles. The summed E-state index contributed by atoms with van der Waals surface area (Å²) < 4.78 is 38.2. The zero-order chi connectivity index (χ0) is 26.7. The normalized spacial score (nSPS) is 14.5. The molecule has 3 heterocycles. The molecule has 2 amide bonds. The second-order valence-electron chi connectivity index (χ2n) is 8.00. The Hall–Kier alpha value is -3.07. The number of aryl methyl sites for hydroxylation is 1. The molecule has 0 aliphatic carbocycles. The number of carbonyl (C=O) groups is 3. The number of ether oxygens (including phenoxy) is 2. The van der Waals surface area contributed by atoms with Gasteiger partial charge in [-0.25, -0.2) is 23.0 Å². The van der Waals surface area contributed by atoms with Gasteiger partial charge in [-0.2, -0.15) is 4.31 Å². The second kappa shape index (κ2) is 11.1. The first-order valence-electron chi connectivity index (χ1n) is 11.6. The lowest BCUT2D eigenvalue weighted by molar-refractivity contribution is 0.0531. The van der Waals surface area contributed by atoms with E-state index in [2.05, 4.69) is 10.3 Å². The number of fused-ring (bicyclic) bond motifs is 1. The molecule has 0 atom stereocenters. The Morgan fingerprint density at radius 1 is 1.00 bits per heavy atom. The fourth-order valence-corrected chi connectivity index (χ4v) is 7.39. The summed E-state index contributed by atoms with van der Waals surface area (Å²) in [6.45, 7) is 6.60. The van der Waals surface area contributed by atoms with Crippen LogP contribution in [0.2, 0.25) is 0 Å². The molecule has 1 aliphatic heterocycles. The van der Waals surface area contributed by atoms with Crippen molar-refractivity contribution in [2.45, 2.75) is 25.7 Å². The van der Waals surface area contributed by atoms with Crippen molar-refractivity contribution in [3.8, 4) is 0 Å². The number of nitrogens with one attached hydrogen (secondary N) is 1. The van der Waals surface area contributed by atoms with E-state index in [-0.39, 0.29) is 49.9 Å². The highest BCUT2D eigenvalue weighted by atomic mass is 32.2. The number of piperazine rings is 1. The largest absolute Gasteiger partial charge is 0.462 e. The standard InChI is InChI=1S/C23H26N4O7S3/c1-4-33-21(29)18-14(3)17-20(35-18)25-22(36-17)24-19(28)15-6-8-16(9-7-15)37(31,32)27-12-10-26(11-13-27)23(30)34-5-2/h6-9H,4-5,10-13H2,1-3H3,(H,24,25,28). The highest BCUT2D eigenvalue weighted by molar-refractivity contribution is 7.89. The van der Waals surface area contributed by atoms with E-state index in [1.807, 2.05) is 6.92 Å². The molecule has 1 aliphatic rings. The van der Waals surface area contributed by atoms with Gasteiger partial charge in [-0.1, -0.05) is 11.3 Å².